The minimum atomic E-state index is -4.55. The van der Waals surface area contributed by atoms with Crippen LogP contribution in [0.1, 0.15) is 29.9 Å². The molecule has 3 aromatic rings. The van der Waals surface area contributed by atoms with Crippen molar-refractivity contribution < 1.29 is 22.1 Å². The molecule has 1 saturated carbocycles. The third kappa shape index (κ3) is 2.57. The highest BCUT2D eigenvalue weighted by Crippen LogP contribution is 2.54. The molecular weight excluding hydrogens is 376 g/mol. The number of hydrogen-bond acceptors (Lipinski definition) is 4. The van der Waals surface area contributed by atoms with E-state index in [1.165, 1.54) is 19.2 Å². The molecule has 26 heavy (non-hydrogen) atoms. The van der Waals surface area contributed by atoms with Crippen LogP contribution in [0.2, 0.25) is 5.02 Å². The van der Waals surface area contributed by atoms with Crippen molar-refractivity contribution in [1.29, 1.82) is 0 Å². The third-order valence-electron chi connectivity index (χ3n) is 4.46. The van der Waals surface area contributed by atoms with Crippen LogP contribution in [-0.2, 0) is 18.6 Å². The molecule has 0 saturated heterocycles. The summed E-state index contributed by atoms with van der Waals surface area (Å²) in [5, 5.41) is 7.64. The van der Waals surface area contributed by atoms with Gasteiger partial charge in [-0.3, -0.25) is 4.68 Å². The molecule has 1 aliphatic carbocycles. The Morgan fingerprint density at radius 2 is 2.00 bits per heavy atom. The Hall–Kier alpha value is -2.42. The molecule has 0 N–H and O–H groups in total. The fraction of sp³-hybridized carbons (Fsp3) is 0.312. The van der Waals surface area contributed by atoms with Crippen LogP contribution in [0, 0.1) is 5.82 Å². The van der Waals surface area contributed by atoms with E-state index >= 15 is 0 Å². The second kappa shape index (κ2) is 5.54. The summed E-state index contributed by atoms with van der Waals surface area (Å²) in [6.07, 6.45) is -3.29. The smallest absolute Gasteiger partial charge is 0.332 e. The maximum absolute atomic E-state index is 13.8. The van der Waals surface area contributed by atoms with Gasteiger partial charge in [0.05, 0.1) is 10.4 Å². The number of benzene rings is 1. The van der Waals surface area contributed by atoms with Crippen LogP contribution in [-0.4, -0.2) is 19.9 Å². The van der Waals surface area contributed by atoms with Crippen LogP contribution in [0.3, 0.4) is 0 Å². The number of halogens is 5. The average molecular weight is 387 g/mol. The summed E-state index contributed by atoms with van der Waals surface area (Å²) in [5.41, 5.74) is -1.17. The van der Waals surface area contributed by atoms with E-state index < -0.39 is 23.1 Å². The monoisotopic (exact) mass is 386 g/mol. The Bertz CT molecular complexity index is 991. The van der Waals surface area contributed by atoms with Crippen molar-refractivity contribution in [2.45, 2.75) is 24.4 Å². The number of hydrogen-bond donors (Lipinski definition) is 0. The van der Waals surface area contributed by atoms with E-state index in [-0.39, 0.29) is 22.4 Å². The molecule has 1 fully saturated rings. The highest BCUT2D eigenvalue weighted by molar-refractivity contribution is 6.31. The van der Waals surface area contributed by atoms with Crippen molar-refractivity contribution in [2.24, 2.45) is 7.05 Å². The molecule has 0 bridgehead atoms. The zero-order chi connectivity index (χ0) is 18.7. The van der Waals surface area contributed by atoms with E-state index in [0.717, 1.165) is 6.07 Å². The SMILES string of the molecule is Cn1nc(-c2nc(C3(c4cccc(F)c4Cl)CC3)no2)cc1C(F)(F)F. The number of nitrogens with zero attached hydrogens (tertiary/aromatic N) is 4. The second-order valence-electron chi connectivity index (χ2n) is 6.14. The molecule has 0 radical (unpaired) electrons. The molecule has 5 nitrogen and oxygen atoms in total. The van der Waals surface area contributed by atoms with Crippen molar-refractivity contribution in [2.75, 3.05) is 0 Å². The summed E-state index contributed by atoms with van der Waals surface area (Å²) < 4.78 is 58.3. The van der Waals surface area contributed by atoms with Crippen LogP contribution in [0.5, 0.6) is 0 Å². The summed E-state index contributed by atoms with van der Waals surface area (Å²) in [5.74, 6) is -0.442. The van der Waals surface area contributed by atoms with Crippen molar-refractivity contribution in [3.05, 3.63) is 52.2 Å². The lowest BCUT2D eigenvalue weighted by atomic mass is 9.95. The highest BCUT2D eigenvalue weighted by Gasteiger charge is 2.51. The first-order valence-electron chi connectivity index (χ1n) is 7.63. The zero-order valence-corrected chi connectivity index (χ0v) is 14.1. The highest BCUT2D eigenvalue weighted by atomic mass is 35.5. The van der Waals surface area contributed by atoms with Gasteiger partial charge in [-0.05, 0) is 24.5 Å². The standard InChI is InChI=1S/C16H11ClF4N4O/c1-25-11(16(19,20)21)7-10(23-25)13-22-14(24-26-13)15(5-6-15)8-3-2-4-9(18)12(8)17/h2-4,7H,5-6H2,1H3. The van der Waals surface area contributed by atoms with Gasteiger partial charge >= 0.3 is 6.18 Å². The summed E-state index contributed by atoms with van der Waals surface area (Å²) >= 11 is 6.06. The first-order valence-corrected chi connectivity index (χ1v) is 8.00. The molecule has 0 atom stereocenters. The molecule has 136 valence electrons. The molecule has 4 rings (SSSR count). The van der Waals surface area contributed by atoms with Gasteiger partial charge in [0.2, 0.25) is 0 Å². The molecule has 0 amide bonds. The lowest BCUT2D eigenvalue weighted by Gasteiger charge is -2.13. The minimum Gasteiger partial charge on any atom is -0.332 e. The molecule has 0 spiro atoms. The molecule has 0 unspecified atom stereocenters. The maximum Gasteiger partial charge on any atom is 0.433 e. The summed E-state index contributed by atoms with van der Waals surface area (Å²) in [4.78, 5) is 4.20. The maximum atomic E-state index is 13.8. The van der Waals surface area contributed by atoms with E-state index in [0.29, 0.717) is 23.1 Å². The Morgan fingerprint density at radius 3 is 2.62 bits per heavy atom. The van der Waals surface area contributed by atoms with Gasteiger partial charge in [0, 0.05) is 13.1 Å². The lowest BCUT2D eigenvalue weighted by Crippen LogP contribution is -2.12. The molecule has 0 aliphatic heterocycles. The molecule has 1 aromatic carbocycles. The quantitative estimate of drug-likeness (QED) is 0.627. The van der Waals surface area contributed by atoms with Crippen LogP contribution in [0.25, 0.3) is 11.6 Å². The van der Waals surface area contributed by atoms with Gasteiger partial charge in [-0.2, -0.15) is 23.3 Å². The zero-order valence-electron chi connectivity index (χ0n) is 13.3. The van der Waals surface area contributed by atoms with E-state index in [9.17, 15) is 17.6 Å². The normalized spacial score (nSPS) is 16.1. The van der Waals surface area contributed by atoms with Crippen molar-refractivity contribution in [1.82, 2.24) is 19.9 Å². The molecule has 2 heterocycles. The largest absolute Gasteiger partial charge is 0.433 e. The number of rotatable bonds is 3. The summed E-state index contributed by atoms with van der Waals surface area (Å²) in [6.45, 7) is 0. The van der Waals surface area contributed by atoms with E-state index in [4.69, 9.17) is 16.1 Å². The van der Waals surface area contributed by atoms with Gasteiger partial charge in [0.15, 0.2) is 11.5 Å². The van der Waals surface area contributed by atoms with Crippen LogP contribution < -0.4 is 0 Å². The topological polar surface area (TPSA) is 56.7 Å². The Balaban J connectivity index is 1.72. The van der Waals surface area contributed by atoms with Gasteiger partial charge in [-0.25, -0.2) is 4.39 Å². The van der Waals surface area contributed by atoms with E-state index in [1.807, 2.05) is 0 Å². The number of aryl methyl sites for hydroxylation is 1. The predicted octanol–water partition coefficient (Wildman–Crippen LogP) is 4.36. The van der Waals surface area contributed by atoms with E-state index in [1.54, 1.807) is 6.07 Å². The average Bonchev–Trinajstić information content (AvgIpc) is 3.03. The van der Waals surface area contributed by atoms with Gasteiger partial charge in [0.25, 0.3) is 5.89 Å². The fourth-order valence-electron chi connectivity index (χ4n) is 2.97. The van der Waals surface area contributed by atoms with E-state index in [2.05, 4.69) is 15.2 Å². The van der Waals surface area contributed by atoms with Crippen LogP contribution in [0.15, 0.2) is 28.8 Å². The van der Waals surface area contributed by atoms with Gasteiger partial charge in [0.1, 0.15) is 11.5 Å². The minimum absolute atomic E-state index is 0.0199. The van der Waals surface area contributed by atoms with Gasteiger partial charge in [-0.1, -0.05) is 28.9 Å². The molecule has 10 heteroatoms. The number of aromatic nitrogens is 4. The predicted molar refractivity (Wildman–Crippen MR) is 82.9 cm³/mol. The Kier molecular flexibility index (Phi) is 3.62. The van der Waals surface area contributed by atoms with Crippen LogP contribution in [0.4, 0.5) is 17.6 Å². The third-order valence-corrected chi connectivity index (χ3v) is 4.84. The summed E-state index contributed by atoms with van der Waals surface area (Å²) in [7, 11) is 1.18. The Labute approximate surface area is 149 Å². The second-order valence-corrected chi connectivity index (χ2v) is 6.52. The summed E-state index contributed by atoms with van der Waals surface area (Å²) in [6, 6.07) is 5.30. The van der Waals surface area contributed by atoms with Crippen molar-refractivity contribution in [3.63, 3.8) is 0 Å². The van der Waals surface area contributed by atoms with Gasteiger partial charge in [-0.15, -0.1) is 0 Å². The van der Waals surface area contributed by atoms with Gasteiger partial charge < -0.3 is 4.52 Å². The lowest BCUT2D eigenvalue weighted by molar-refractivity contribution is -0.143. The fourth-order valence-corrected chi connectivity index (χ4v) is 3.28. The van der Waals surface area contributed by atoms with Crippen molar-refractivity contribution in [3.8, 4) is 11.6 Å². The van der Waals surface area contributed by atoms with Crippen LogP contribution >= 0.6 is 11.6 Å². The first-order chi connectivity index (χ1) is 12.2. The Morgan fingerprint density at radius 1 is 1.27 bits per heavy atom. The van der Waals surface area contributed by atoms with Crippen molar-refractivity contribution >= 4 is 11.6 Å². The first kappa shape index (κ1) is 17.0. The molecule has 2 aromatic heterocycles. The number of alkyl halides is 3. The molecular formula is C16H11ClF4N4O. The molecule has 1 aliphatic rings.